The van der Waals surface area contributed by atoms with Gasteiger partial charge in [0.1, 0.15) is 11.6 Å². The van der Waals surface area contributed by atoms with Crippen LogP contribution in [-0.4, -0.2) is 41.6 Å². The third kappa shape index (κ3) is 3.55. The average molecular weight is 353 g/mol. The highest BCUT2D eigenvalue weighted by Gasteiger charge is 2.30. The summed E-state index contributed by atoms with van der Waals surface area (Å²) in [5.74, 6) is -1.84. The van der Waals surface area contributed by atoms with Crippen molar-refractivity contribution in [2.75, 3.05) is 6.54 Å². The van der Waals surface area contributed by atoms with Crippen LogP contribution in [0.3, 0.4) is 0 Å². The molecule has 0 bridgehead atoms. The summed E-state index contributed by atoms with van der Waals surface area (Å²) in [5.41, 5.74) is 0.465. The predicted molar refractivity (Wildman–Crippen MR) is 88.7 cm³/mol. The first kappa shape index (κ1) is 17.2. The Bertz CT molecular complexity index is 707. The molecular formula is C17H18ClFN2O3. The number of hydrogen-bond acceptors (Lipinski definition) is 5. The predicted octanol–water partition coefficient (Wildman–Crippen LogP) is 2.46. The molecule has 0 spiro atoms. The molecule has 5 nitrogen and oxygen atoms in total. The van der Waals surface area contributed by atoms with Gasteiger partial charge < -0.3 is 10.4 Å². The number of aliphatic hydroxyl groups excluding tert-OH is 1. The molecule has 24 heavy (non-hydrogen) atoms. The molecule has 1 saturated heterocycles. The largest absolute Gasteiger partial charge is 0.391 e. The zero-order valence-corrected chi connectivity index (χ0v) is 13.7. The molecule has 0 saturated carbocycles. The van der Waals surface area contributed by atoms with E-state index in [1.807, 2.05) is 0 Å². The lowest BCUT2D eigenvalue weighted by molar-refractivity contribution is -0.120. The van der Waals surface area contributed by atoms with Crippen molar-refractivity contribution in [2.45, 2.75) is 37.8 Å². The van der Waals surface area contributed by atoms with Crippen LogP contribution < -0.4 is 5.32 Å². The molecule has 128 valence electrons. The van der Waals surface area contributed by atoms with Gasteiger partial charge in [0, 0.05) is 30.7 Å². The quantitative estimate of drug-likeness (QED) is 0.872. The number of Topliss-reactive ketones (excluding diaryl/α,β-unsaturated/α-hetero) is 2. The van der Waals surface area contributed by atoms with Crippen LogP contribution in [0.5, 0.6) is 0 Å². The van der Waals surface area contributed by atoms with Crippen LogP contribution in [0.4, 0.5) is 10.1 Å². The molecule has 3 unspecified atom stereocenters. The van der Waals surface area contributed by atoms with Crippen molar-refractivity contribution in [3.63, 3.8) is 0 Å². The highest BCUT2D eigenvalue weighted by molar-refractivity contribution is 6.31. The monoisotopic (exact) mass is 352 g/mol. The number of ketones is 2. The van der Waals surface area contributed by atoms with Crippen LogP contribution in [0, 0.1) is 11.7 Å². The van der Waals surface area contributed by atoms with E-state index in [-0.39, 0.29) is 41.0 Å². The second-order valence-corrected chi connectivity index (χ2v) is 6.66. The van der Waals surface area contributed by atoms with Gasteiger partial charge in [0.15, 0.2) is 5.78 Å². The number of benzene rings is 1. The molecular weight excluding hydrogens is 335 g/mol. The van der Waals surface area contributed by atoms with E-state index in [0.717, 1.165) is 19.0 Å². The number of nitrogens with one attached hydrogen (secondary N) is 1. The highest BCUT2D eigenvalue weighted by atomic mass is 35.5. The highest BCUT2D eigenvalue weighted by Crippen LogP contribution is 2.32. The van der Waals surface area contributed by atoms with Gasteiger partial charge >= 0.3 is 0 Å². The molecule has 2 N–H and O–H groups in total. The zero-order chi connectivity index (χ0) is 17.3. The lowest BCUT2D eigenvalue weighted by Gasteiger charge is -2.28. The van der Waals surface area contributed by atoms with Crippen LogP contribution in [0.1, 0.15) is 36.0 Å². The van der Waals surface area contributed by atoms with E-state index in [1.54, 1.807) is 0 Å². The maximum absolute atomic E-state index is 13.6. The van der Waals surface area contributed by atoms with Gasteiger partial charge in [-0.05, 0) is 31.5 Å². The normalized spacial score (nSPS) is 26.3. The third-order valence-electron chi connectivity index (χ3n) is 4.48. The Labute approximate surface area is 143 Å². The fraction of sp³-hybridized carbons (Fsp3) is 0.471. The summed E-state index contributed by atoms with van der Waals surface area (Å²) in [7, 11) is 0. The summed E-state index contributed by atoms with van der Waals surface area (Å²) in [6.45, 7) is 0.770. The van der Waals surface area contributed by atoms with Gasteiger partial charge in [-0.15, -0.1) is 0 Å². The second-order valence-electron chi connectivity index (χ2n) is 6.25. The van der Waals surface area contributed by atoms with Crippen molar-refractivity contribution in [3.8, 4) is 0 Å². The van der Waals surface area contributed by atoms with Gasteiger partial charge in [0.25, 0.3) is 0 Å². The lowest BCUT2D eigenvalue weighted by atomic mass is 9.88. The lowest BCUT2D eigenvalue weighted by Crippen LogP contribution is -2.46. The van der Waals surface area contributed by atoms with Crippen LogP contribution in [-0.2, 0) is 4.79 Å². The SMILES string of the molecule is O=C(CC1C=Nc2cc(Cl)c(F)cc2C1=O)CC1NCCCC1O. The van der Waals surface area contributed by atoms with Crippen molar-refractivity contribution >= 4 is 35.1 Å². The fourth-order valence-electron chi connectivity index (χ4n) is 3.14. The minimum atomic E-state index is -0.702. The molecule has 1 fully saturated rings. The number of piperidine rings is 1. The summed E-state index contributed by atoms with van der Waals surface area (Å²) in [4.78, 5) is 28.8. The first-order valence-corrected chi connectivity index (χ1v) is 8.34. The molecule has 2 aliphatic heterocycles. The van der Waals surface area contributed by atoms with Gasteiger partial charge in [0.05, 0.1) is 22.7 Å². The maximum Gasteiger partial charge on any atom is 0.173 e. The number of hydrogen-bond donors (Lipinski definition) is 2. The number of aliphatic imine (C=N–C) groups is 1. The molecule has 0 amide bonds. The van der Waals surface area contributed by atoms with E-state index >= 15 is 0 Å². The van der Waals surface area contributed by atoms with Crippen molar-refractivity contribution in [1.29, 1.82) is 0 Å². The third-order valence-corrected chi connectivity index (χ3v) is 4.77. The minimum Gasteiger partial charge on any atom is -0.391 e. The molecule has 2 aliphatic rings. The topological polar surface area (TPSA) is 78.8 Å². The molecule has 0 aliphatic carbocycles. The van der Waals surface area contributed by atoms with E-state index in [9.17, 15) is 19.1 Å². The fourth-order valence-corrected chi connectivity index (χ4v) is 3.30. The molecule has 1 aromatic carbocycles. The summed E-state index contributed by atoms with van der Waals surface area (Å²) >= 11 is 5.69. The average Bonchev–Trinajstić information content (AvgIpc) is 2.54. The molecule has 0 radical (unpaired) electrons. The van der Waals surface area contributed by atoms with E-state index in [4.69, 9.17) is 11.6 Å². The number of carbonyl (C=O) groups is 2. The van der Waals surface area contributed by atoms with Gasteiger partial charge in [-0.2, -0.15) is 0 Å². The minimum absolute atomic E-state index is 0.00306. The van der Waals surface area contributed by atoms with E-state index in [1.165, 1.54) is 12.3 Å². The van der Waals surface area contributed by atoms with E-state index in [2.05, 4.69) is 10.3 Å². The van der Waals surface area contributed by atoms with Gasteiger partial charge in [0.2, 0.25) is 0 Å². The zero-order valence-electron chi connectivity index (χ0n) is 13.0. The van der Waals surface area contributed by atoms with Gasteiger partial charge in [-0.1, -0.05) is 11.6 Å². The molecule has 1 aromatic rings. The number of halogens is 2. The molecule has 7 heteroatoms. The van der Waals surface area contributed by atoms with Crippen LogP contribution in [0.15, 0.2) is 17.1 Å². The molecule has 3 atom stereocenters. The number of aliphatic hydroxyl groups is 1. The first-order chi connectivity index (χ1) is 11.5. The Morgan fingerprint density at radius 3 is 2.96 bits per heavy atom. The van der Waals surface area contributed by atoms with Crippen molar-refractivity contribution in [1.82, 2.24) is 5.32 Å². The summed E-state index contributed by atoms with van der Waals surface area (Å²) in [5, 5.41) is 12.9. The van der Waals surface area contributed by atoms with Crippen molar-refractivity contribution in [3.05, 3.63) is 28.5 Å². The van der Waals surface area contributed by atoms with Crippen LogP contribution in [0.25, 0.3) is 0 Å². The number of nitrogens with zero attached hydrogens (tertiary/aromatic N) is 1. The molecule has 3 rings (SSSR count). The Kier molecular flexibility index (Phi) is 5.08. The Hall–Kier alpha value is -1.63. The van der Waals surface area contributed by atoms with E-state index in [0.29, 0.717) is 12.1 Å². The van der Waals surface area contributed by atoms with Gasteiger partial charge in [-0.25, -0.2) is 4.39 Å². The number of carbonyl (C=O) groups excluding carboxylic acids is 2. The summed E-state index contributed by atoms with van der Waals surface area (Å²) < 4.78 is 13.6. The maximum atomic E-state index is 13.6. The molecule has 0 aromatic heterocycles. The van der Waals surface area contributed by atoms with Crippen LogP contribution in [0.2, 0.25) is 5.02 Å². The number of rotatable bonds is 4. The summed E-state index contributed by atoms with van der Waals surface area (Å²) in [6, 6.07) is 2.10. The van der Waals surface area contributed by atoms with E-state index < -0.39 is 17.8 Å². The Morgan fingerprint density at radius 1 is 1.42 bits per heavy atom. The van der Waals surface area contributed by atoms with Crippen LogP contribution >= 0.6 is 11.6 Å². The number of fused-ring (bicyclic) bond motifs is 1. The first-order valence-electron chi connectivity index (χ1n) is 7.96. The van der Waals surface area contributed by atoms with Crippen molar-refractivity contribution < 1.29 is 19.1 Å². The second kappa shape index (κ2) is 7.09. The van der Waals surface area contributed by atoms with Crippen molar-refractivity contribution in [2.24, 2.45) is 10.9 Å². The molecule has 2 heterocycles. The Morgan fingerprint density at radius 2 is 2.21 bits per heavy atom. The standard InChI is InChI=1S/C17H18ClFN2O3/c18-12-7-14-11(6-13(12)19)17(24)9(8-21-14)4-10(22)5-15-16(23)2-1-3-20-15/h6-9,15-16,20,23H,1-5H2. The van der Waals surface area contributed by atoms with Gasteiger partial charge in [-0.3, -0.25) is 14.6 Å². The Balaban J connectivity index is 1.67. The summed E-state index contributed by atoms with van der Waals surface area (Å²) in [6.07, 6.45) is 2.58. The smallest absolute Gasteiger partial charge is 0.173 e.